The van der Waals surface area contributed by atoms with Gasteiger partial charge in [0, 0.05) is 12.1 Å². The number of halogens is 2. The van der Waals surface area contributed by atoms with Crippen molar-refractivity contribution in [2.75, 3.05) is 11.5 Å². The molecule has 0 aromatic heterocycles. The topological polar surface area (TPSA) is 46.2 Å². The van der Waals surface area contributed by atoms with Gasteiger partial charge >= 0.3 is 0 Å². The average molecular weight is 351 g/mol. The summed E-state index contributed by atoms with van der Waals surface area (Å²) in [7, 11) is -3.01. The Hall–Kier alpha value is -1.79. The number of sulfone groups is 1. The summed E-state index contributed by atoms with van der Waals surface area (Å²) in [6.07, 6.45) is 0.995. The van der Waals surface area contributed by atoms with Crippen molar-refractivity contribution in [3.8, 4) is 0 Å². The van der Waals surface area contributed by atoms with Gasteiger partial charge in [0.2, 0.25) is 0 Å². The molecular weight excluding hydrogens is 332 g/mol. The minimum Gasteiger partial charge on any atom is -0.306 e. The summed E-state index contributed by atoms with van der Waals surface area (Å²) in [6.45, 7) is 0. The molecule has 1 aliphatic rings. The first-order valence-corrected chi connectivity index (χ1v) is 9.70. The van der Waals surface area contributed by atoms with E-state index in [-0.39, 0.29) is 35.2 Å². The van der Waals surface area contributed by atoms with Crippen LogP contribution in [0.2, 0.25) is 0 Å². The van der Waals surface area contributed by atoms with Crippen LogP contribution in [0.15, 0.2) is 48.5 Å². The Morgan fingerprint density at radius 3 is 2.42 bits per heavy atom. The molecule has 3 rings (SSSR count). The maximum absolute atomic E-state index is 13.6. The molecule has 128 valence electrons. The van der Waals surface area contributed by atoms with Crippen LogP contribution in [-0.2, 0) is 16.3 Å². The van der Waals surface area contributed by atoms with Gasteiger partial charge in [0.1, 0.15) is 11.6 Å². The Morgan fingerprint density at radius 1 is 1.08 bits per heavy atom. The van der Waals surface area contributed by atoms with Gasteiger partial charge in [-0.25, -0.2) is 17.2 Å². The molecule has 0 saturated carbocycles. The summed E-state index contributed by atoms with van der Waals surface area (Å²) in [6, 6.07) is 12.0. The van der Waals surface area contributed by atoms with Crippen molar-refractivity contribution in [1.82, 2.24) is 5.32 Å². The highest BCUT2D eigenvalue weighted by Crippen LogP contribution is 2.23. The van der Waals surface area contributed by atoms with Gasteiger partial charge in [-0.2, -0.15) is 0 Å². The van der Waals surface area contributed by atoms with Crippen LogP contribution in [0.1, 0.15) is 23.6 Å². The van der Waals surface area contributed by atoms with Gasteiger partial charge in [0.25, 0.3) is 0 Å². The SMILES string of the molecule is O=S1(=O)CC[C@@H](N[C@H](Cc2cccc(F)c2)c2cccc(F)c2)C1. The van der Waals surface area contributed by atoms with Crippen LogP contribution >= 0.6 is 0 Å². The summed E-state index contributed by atoms with van der Waals surface area (Å²) in [5.74, 6) is -0.422. The monoisotopic (exact) mass is 351 g/mol. The van der Waals surface area contributed by atoms with E-state index in [1.54, 1.807) is 18.2 Å². The van der Waals surface area contributed by atoms with Crippen LogP contribution in [0.5, 0.6) is 0 Å². The molecule has 1 N–H and O–H groups in total. The Labute approximate surface area is 140 Å². The minimum atomic E-state index is -3.01. The van der Waals surface area contributed by atoms with E-state index in [1.807, 2.05) is 6.07 Å². The summed E-state index contributed by atoms with van der Waals surface area (Å²) in [5, 5.41) is 3.31. The number of hydrogen-bond donors (Lipinski definition) is 1. The van der Waals surface area contributed by atoms with Gasteiger partial charge in [-0.3, -0.25) is 0 Å². The lowest BCUT2D eigenvalue weighted by molar-refractivity contribution is 0.454. The smallest absolute Gasteiger partial charge is 0.151 e. The molecule has 3 nitrogen and oxygen atoms in total. The largest absolute Gasteiger partial charge is 0.306 e. The third-order valence-electron chi connectivity index (χ3n) is 4.25. The van der Waals surface area contributed by atoms with Gasteiger partial charge in [-0.15, -0.1) is 0 Å². The molecule has 2 aromatic carbocycles. The van der Waals surface area contributed by atoms with Gasteiger partial charge in [-0.1, -0.05) is 24.3 Å². The zero-order chi connectivity index (χ0) is 17.2. The van der Waals surface area contributed by atoms with Crippen molar-refractivity contribution in [2.45, 2.75) is 24.9 Å². The fourth-order valence-electron chi connectivity index (χ4n) is 3.11. The number of hydrogen-bond acceptors (Lipinski definition) is 3. The van der Waals surface area contributed by atoms with E-state index in [9.17, 15) is 17.2 Å². The highest BCUT2D eigenvalue weighted by atomic mass is 32.2. The van der Waals surface area contributed by atoms with Crippen LogP contribution in [0.4, 0.5) is 8.78 Å². The zero-order valence-corrected chi connectivity index (χ0v) is 13.9. The number of benzene rings is 2. The van der Waals surface area contributed by atoms with E-state index in [1.165, 1.54) is 24.3 Å². The van der Waals surface area contributed by atoms with Crippen molar-refractivity contribution in [3.05, 3.63) is 71.3 Å². The zero-order valence-electron chi connectivity index (χ0n) is 13.1. The average Bonchev–Trinajstić information content (AvgIpc) is 2.86. The highest BCUT2D eigenvalue weighted by Gasteiger charge is 2.29. The molecule has 6 heteroatoms. The Kier molecular flexibility index (Phi) is 4.96. The lowest BCUT2D eigenvalue weighted by Gasteiger charge is -2.23. The molecule has 1 fully saturated rings. The Morgan fingerprint density at radius 2 is 1.79 bits per heavy atom. The van der Waals surface area contributed by atoms with E-state index in [2.05, 4.69) is 5.32 Å². The first-order chi connectivity index (χ1) is 11.4. The second-order valence-electron chi connectivity index (χ2n) is 6.21. The fraction of sp³-hybridized carbons (Fsp3) is 0.333. The Balaban J connectivity index is 1.83. The third-order valence-corrected chi connectivity index (χ3v) is 6.02. The summed E-state index contributed by atoms with van der Waals surface area (Å²) in [5.41, 5.74) is 1.50. The summed E-state index contributed by atoms with van der Waals surface area (Å²) in [4.78, 5) is 0. The quantitative estimate of drug-likeness (QED) is 0.901. The predicted molar refractivity (Wildman–Crippen MR) is 89.4 cm³/mol. The van der Waals surface area contributed by atoms with Gasteiger partial charge < -0.3 is 5.32 Å². The van der Waals surface area contributed by atoms with Gasteiger partial charge in [0.15, 0.2) is 9.84 Å². The lowest BCUT2D eigenvalue weighted by atomic mass is 9.97. The number of nitrogens with one attached hydrogen (secondary N) is 1. The maximum atomic E-state index is 13.6. The van der Waals surface area contributed by atoms with Crippen LogP contribution < -0.4 is 5.32 Å². The van der Waals surface area contributed by atoms with E-state index < -0.39 is 9.84 Å². The van der Waals surface area contributed by atoms with Crippen LogP contribution in [-0.4, -0.2) is 26.0 Å². The molecular formula is C18H19F2NO2S. The molecule has 24 heavy (non-hydrogen) atoms. The molecule has 0 radical (unpaired) electrons. The standard InChI is InChI=1S/C18H19F2NO2S/c19-15-5-1-3-13(9-15)10-18(14-4-2-6-16(20)11-14)21-17-7-8-24(22,23)12-17/h1-6,9,11,17-18,21H,7-8,10,12H2/t17-,18-/m1/s1. The molecule has 0 amide bonds. The molecule has 1 heterocycles. The van der Waals surface area contributed by atoms with E-state index in [0.717, 1.165) is 11.1 Å². The normalized spacial score (nSPS) is 20.8. The van der Waals surface area contributed by atoms with E-state index >= 15 is 0 Å². The van der Waals surface area contributed by atoms with Crippen molar-refractivity contribution >= 4 is 9.84 Å². The fourth-order valence-corrected chi connectivity index (χ4v) is 4.79. The molecule has 2 aromatic rings. The van der Waals surface area contributed by atoms with E-state index in [0.29, 0.717) is 12.8 Å². The molecule has 1 aliphatic heterocycles. The molecule has 0 spiro atoms. The van der Waals surface area contributed by atoms with Gasteiger partial charge in [-0.05, 0) is 48.2 Å². The molecule has 2 atom stereocenters. The van der Waals surface area contributed by atoms with Crippen molar-refractivity contribution < 1.29 is 17.2 Å². The lowest BCUT2D eigenvalue weighted by Crippen LogP contribution is -2.35. The predicted octanol–water partition coefficient (Wildman–Crippen LogP) is 3.03. The molecule has 1 saturated heterocycles. The van der Waals surface area contributed by atoms with E-state index in [4.69, 9.17) is 0 Å². The maximum Gasteiger partial charge on any atom is 0.151 e. The van der Waals surface area contributed by atoms with Gasteiger partial charge in [0.05, 0.1) is 11.5 Å². The van der Waals surface area contributed by atoms with Crippen molar-refractivity contribution in [1.29, 1.82) is 0 Å². The van der Waals surface area contributed by atoms with Crippen LogP contribution in [0, 0.1) is 11.6 Å². The van der Waals surface area contributed by atoms with Crippen molar-refractivity contribution in [3.63, 3.8) is 0 Å². The summed E-state index contributed by atoms with van der Waals surface area (Å²) < 4.78 is 50.3. The Bertz CT molecular complexity index is 823. The molecule has 0 bridgehead atoms. The first-order valence-electron chi connectivity index (χ1n) is 7.88. The third kappa shape index (κ3) is 4.39. The first kappa shape index (κ1) is 17.0. The summed E-state index contributed by atoms with van der Waals surface area (Å²) >= 11 is 0. The molecule has 0 unspecified atom stereocenters. The van der Waals surface area contributed by atoms with Crippen molar-refractivity contribution in [2.24, 2.45) is 0 Å². The molecule has 0 aliphatic carbocycles. The van der Waals surface area contributed by atoms with Crippen LogP contribution in [0.3, 0.4) is 0 Å². The number of rotatable bonds is 5. The second kappa shape index (κ2) is 6.99. The van der Waals surface area contributed by atoms with Crippen LogP contribution in [0.25, 0.3) is 0 Å². The highest BCUT2D eigenvalue weighted by molar-refractivity contribution is 7.91. The minimum absolute atomic E-state index is 0.0853. The second-order valence-corrected chi connectivity index (χ2v) is 8.44.